The second-order valence-corrected chi connectivity index (χ2v) is 7.24. The van der Waals surface area contributed by atoms with Crippen molar-refractivity contribution in [2.75, 3.05) is 57.4 Å². The first-order chi connectivity index (χ1) is 11.9. The van der Waals surface area contributed by atoms with E-state index in [1.165, 1.54) is 4.88 Å². The SMILES string of the molecule is c1csc(CN2CCN(Cc3nnc(N4CCOCC4)o3)CC2)c1. The van der Waals surface area contributed by atoms with Gasteiger partial charge >= 0.3 is 6.01 Å². The number of piperazine rings is 1. The maximum absolute atomic E-state index is 5.83. The smallest absolute Gasteiger partial charge is 0.318 e. The summed E-state index contributed by atoms with van der Waals surface area (Å²) >= 11 is 1.83. The molecular formula is C16H23N5O2S. The van der Waals surface area contributed by atoms with E-state index >= 15 is 0 Å². The zero-order valence-electron chi connectivity index (χ0n) is 13.8. The lowest BCUT2D eigenvalue weighted by Crippen LogP contribution is -2.45. The molecule has 0 amide bonds. The van der Waals surface area contributed by atoms with Crippen molar-refractivity contribution in [1.29, 1.82) is 0 Å². The maximum atomic E-state index is 5.83. The van der Waals surface area contributed by atoms with Gasteiger partial charge in [0.1, 0.15) is 0 Å². The number of ether oxygens (including phenoxy) is 1. The van der Waals surface area contributed by atoms with E-state index in [2.05, 4.69) is 42.4 Å². The molecule has 24 heavy (non-hydrogen) atoms. The molecule has 130 valence electrons. The molecule has 4 rings (SSSR count). The van der Waals surface area contributed by atoms with Crippen LogP contribution in [0.3, 0.4) is 0 Å². The van der Waals surface area contributed by atoms with E-state index in [4.69, 9.17) is 9.15 Å². The predicted octanol–water partition coefficient (Wildman–Crippen LogP) is 1.29. The van der Waals surface area contributed by atoms with E-state index in [0.717, 1.165) is 65.6 Å². The van der Waals surface area contributed by atoms with E-state index in [1.54, 1.807) is 0 Å². The van der Waals surface area contributed by atoms with Gasteiger partial charge in [-0.1, -0.05) is 11.2 Å². The Kier molecular flexibility index (Phi) is 5.07. The van der Waals surface area contributed by atoms with Crippen LogP contribution in [0.1, 0.15) is 10.8 Å². The van der Waals surface area contributed by atoms with Gasteiger partial charge in [-0.15, -0.1) is 16.4 Å². The third kappa shape index (κ3) is 3.94. The molecule has 0 spiro atoms. The number of hydrogen-bond donors (Lipinski definition) is 0. The lowest BCUT2D eigenvalue weighted by atomic mass is 10.3. The van der Waals surface area contributed by atoms with Gasteiger partial charge in [-0.3, -0.25) is 9.80 Å². The molecule has 8 heteroatoms. The summed E-state index contributed by atoms with van der Waals surface area (Å²) in [6, 6.07) is 4.96. The molecule has 7 nitrogen and oxygen atoms in total. The number of rotatable bonds is 5. The molecule has 0 bridgehead atoms. The minimum atomic E-state index is 0.629. The first-order valence-corrected chi connectivity index (χ1v) is 9.37. The molecule has 2 aliphatic heterocycles. The van der Waals surface area contributed by atoms with Crippen LogP contribution in [0.15, 0.2) is 21.9 Å². The Labute approximate surface area is 145 Å². The quantitative estimate of drug-likeness (QED) is 0.806. The summed E-state index contributed by atoms with van der Waals surface area (Å²) in [6.07, 6.45) is 0. The van der Waals surface area contributed by atoms with Crippen molar-refractivity contribution >= 4 is 17.4 Å². The summed E-state index contributed by atoms with van der Waals surface area (Å²) in [5.74, 6) is 0.711. The fourth-order valence-electron chi connectivity index (χ4n) is 3.11. The molecular weight excluding hydrogens is 326 g/mol. The van der Waals surface area contributed by atoms with Crippen LogP contribution in [0, 0.1) is 0 Å². The van der Waals surface area contributed by atoms with Crippen molar-refractivity contribution in [3.05, 3.63) is 28.3 Å². The van der Waals surface area contributed by atoms with Gasteiger partial charge < -0.3 is 14.1 Å². The Morgan fingerprint density at radius 2 is 1.71 bits per heavy atom. The first-order valence-electron chi connectivity index (χ1n) is 8.49. The van der Waals surface area contributed by atoms with Gasteiger partial charge in [0, 0.05) is 50.7 Å². The minimum Gasteiger partial charge on any atom is -0.407 e. The number of anilines is 1. The summed E-state index contributed by atoms with van der Waals surface area (Å²) in [5.41, 5.74) is 0. The van der Waals surface area contributed by atoms with Crippen molar-refractivity contribution in [2.45, 2.75) is 13.1 Å². The first kappa shape index (κ1) is 16.0. The molecule has 0 unspecified atom stereocenters. The molecule has 0 atom stereocenters. The van der Waals surface area contributed by atoms with Gasteiger partial charge in [0.15, 0.2) is 0 Å². The third-order valence-corrected chi connectivity index (χ3v) is 5.38. The molecule has 2 aromatic heterocycles. The molecule has 0 aromatic carbocycles. The van der Waals surface area contributed by atoms with E-state index in [9.17, 15) is 0 Å². The normalized spacial score (nSPS) is 20.6. The Morgan fingerprint density at radius 1 is 0.958 bits per heavy atom. The van der Waals surface area contributed by atoms with Crippen LogP contribution in [-0.4, -0.2) is 72.5 Å². The van der Waals surface area contributed by atoms with Gasteiger partial charge in [-0.2, -0.15) is 0 Å². The summed E-state index contributed by atoms with van der Waals surface area (Å²) in [5, 5.41) is 10.5. The Hall–Kier alpha value is -1.48. The lowest BCUT2D eigenvalue weighted by Gasteiger charge is -2.33. The standard InChI is InChI=1S/C16H23N5O2S/c1-2-14(24-11-1)12-19-3-5-20(6-4-19)13-15-17-18-16(23-15)21-7-9-22-10-8-21/h1-2,11H,3-10,12-13H2. The zero-order chi connectivity index (χ0) is 16.2. The molecule has 0 saturated carbocycles. The van der Waals surface area contributed by atoms with Gasteiger partial charge in [0.05, 0.1) is 19.8 Å². The lowest BCUT2D eigenvalue weighted by molar-refractivity contribution is 0.113. The molecule has 0 radical (unpaired) electrons. The Morgan fingerprint density at radius 3 is 2.42 bits per heavy atom. The number of nitrogens with zero attached hydrogens (tertiary/aromatic N) is 5. The Balaban J connectivity index is 1.25. The fraction of sp³-hybridized carbons (Fsp3) is 0.625. The summed E-state index contributed by atoms with van der Waals surface area (Å²) < 4.78 is 11.2. The summed E-state index contributed by atoms with van der Waals surface area (Å²) in [6.45, 7) is 9.16. The van der Waals surface area contributed by atoms with E-state index in [0.29, 0.717) is 11.9 Å². The second kappa shape index (κ2) is 7.60. The molecule has 0 aliphatic carbocycles. The average Bonchev–Trinajstić information content (AvgIpc) is 3.29. The second-order valence-electron chi connectivity index (χ2n) is 6.21. The highest BCUT2D eigenvalue weighted by Crippen LogP contribution is 2.17. The largest absolute Gasteiger partial charge is 0.407 e. The third-order valence-electron chi connectivity index (χ3n) is 4.52. The van der Waals surface area contributed by atoms with Crippen LogP contribution in [-0.2, 0) is 17.8 Å². The van der Waals surface area contributed by atoms with Gasteiger partial charge in [-0.05, 0) is 11.4 Å². The van der Waals surface area contributed by atoms with Crippen molar-refractivity contribution in [3.63, 3.8) is 0 Å². The van der Waals surface area contributed by atoms with Gasteiger partial charge in [0.25, 0.3) is 0 Å². The van der Waals surface area contributed by atoms with Crippen molar-refractivity contribution in [1.82, 2.24) is 20.0 Å². The van der Waals surface area contributed by atoms with Crippen LogP contribution in [0.5, 0.6) is 0 Å². The molecule has 2 saturated heterocycles. The van der Waals surface area contributed by atoms with E-state index < -0.39 is 0 Å². The molecule has 4 heterocycles. The van der Waals surface area contributed by atoms with E-state index in [-0.39, 0.29) is 0 Å². The van der Waals surface area contributed by atoms with Gasteiger partial charge in [0.2, 0.25) is 5.89 Å². The maximum Gasteiger partial charge on any atom is 0.318 e. The number of morpholine rings is 1. The zero-order valence-corrected chi connectivity index (χ0v) is 14.6. The van der Waals surface area contributed by atoms with Crippen LogP contribution in [0.4, 0.5) is 6.01 Å². The Bertz CT molecular complexity index is 618. The topological polar surface area (TPSA) is 57.9 Å². The van der Waals surface area contributed by atoms with Crippen molar-refractivity contribution in [3.8, 4) is 0 Å². The number of thiophene rings is 1. The predicted molar refractivity (Wildman–Crippen MR) is 92.2 cm³/mol. The highest BCUT2D eigenvalue weighted by Gasteiger charge is 2.21. The van der Waals surface area contributed by atoms with Crippen LogP contribution < -0.4 is 4.90 Å². The fourth-order valence-corrected chi connectivity index (χ4v) is 3.86. The van der Waals surface area contributed by atoms with Crippen molar-refractivity contribution in [2.24, 2.45) is 0 Å². The monoisotopic (exact) mass is 349 g/mol. The van der Waals surface area contributed by atoms with Crippen LogP contribution >= 0.6 is 11.3 Å². The molecule has 0 N–H and O–H groups in total. The average molecular weight is 349 g/mol. The van der Waals surface area contributed by atoms with Crippen molar-refractivity contribution < 1.29 is 9.15 Å². The highest BCUT2D eigenvalue weighted by atomic mass is 32.1. The number of hydrogen-bond acceptors (Lipinski definition) is 8. The van der Waals surface area contributed by atoms with Crippen LogP contribution in [0.25, 0.3) is 0 Å². The summed E-state index contributed by atoms with van der Waals surface area (Å²) in [4.78, 5) is 8.44. The molecule has 2 fully saturated rings. The number of aromatic nitrogens is 2. The van der Waals surface area contributed by atoms with Crippen LogP contribution in [0.2, 0.25) is 0 Å². The molecule has 2 aliphatic rings. The molecule has 2 aromatic rings. The minimum absolute atomic E-state index is 0.629. The summed E-state index contributed by atoms with van der Waals surface area (Å²) in [7, 11) is 0. The highest BCUT2D eigenvalue weighted by molar-refractivity contribution is 7.09. The van der Waals surface area contributed by atoms with E-state index in [1.807, 2.05) is 11.3 Å². The van der Waals surface area contributed by atoms with Gasteiger partial charge in [-0.25, -0.2) is 0 Å².